The Labute approximate surface area is 110 Å². The van der Waals surface area contributed by atoms with Crippen molar-refractivity contribution in [2.24, 2.45) is 10.7 Å². The van der Waals surface area contributed by atoms with Gasteiger partial charge in [-0.05, 0) is 25.7 Å². The molecular weight excluding hydrogens is 226 g/mol. The highest BCUT2D eigenvalue weighted by molar-refractivity contribution is 5.80. The van der Waals surface area contributed by atoms with Crippen molar-refractivity contribution in [1.29, 1.82) is 0 Å². The summed E-state index contributed by atoms with van der Waals surface area (Å²) in [5.74, 6) is 0.766. The molecule has 0 amide bonds. The van der Waals surface area contributed by atoms with E-state index in [1.165, 1.54) is 51.4 Å². The van der Waals surface area contributed by atoms with Crippen LogP contribution in [0.4, 0.5) is 0 Å². The van der Waals surface area contributed by atoms with E-state index in [4.69, 9.17) is 10.5 Å². The minimum Gasteiger partial charge on any atom is -0.376 e. The lowest BCUT2D eigenvalue weighted by atomic mass is 10.0. The van der Waals surface area contributed by atoms with Crippen molar-refractivity contribution in [2.75, 3.05) is 13.2 Å². The predicted octanol–water partition coefficient (Wildman–Crippen LogP) is 1.89. The number of rotatable bonds is 2. The van der Waals surface area contributed by atoms with Crippen LogP contribution in [0.3, 0.4) is 0 Å². The standard InChI is InChI=1S/C14H25N3O/c15-14-16-10-12(13-8-5-9-18-13)17(14)11-6-3-1-2-4-7-11/h11-13H,1-10H2,(H2,15,16). The topological polar surface area (TPSA) is 50.9 Å². The van der Waals surface area contributed by atoms with Gasteiger partial charge < -0.3 is 15.4 Å². The summed E-state index contributed by atoms with van der Waals surface area (Å²) in [6, 6.07) is 1.02. The monoisotopic (exact) mass is 251 g/mol. The predicted molar refractivity (Wildman–Crippen MR) is 72.6 cm³/mol. The van der Waals surface area contributed by atoms with Gasteiger partial charge >= 0.3 is 0 Å². The molecule has 0 radical (unpaired) electrons. The van der Waals surface area contributed by atoms with Gasteiger partial charge in [0.15, 0.2) is 5.96 Å². The second-order valence-corrected chi connectivity index (χ2v) is 5.87. The second-order valence-electron chi connectivity index (χ2n) is 5.87. The summed E-state index contributed by atoms with van der Waals surface area (Å²) in [5.41, 5.74) is 6.14. The molecule has 4 heteroatoms. The molecule has 2 aliphatic heterocycles. The molecule has 2 N–H and O–H groups in total. The molecule has 102 valence electrons. The van der Waals surface area contributed by atoms with Crippen molar-refractivity contribution >= 4 is 5.96 Å². The SMILES string of the molecule is NC1=NCC(C2CCCO2)N1C1CCCCCC1. The third-order valence-corrected chi connectivity index (χ3v) is 4.67. The van der Waals surface area contributed by atoms with Crippen LogP contribution in [0.25, 0.3) is 0 Å². The van der Waals surface area contributed by atoms with Crippen LogP contribution in [-0.2, 0) is 4.74 Å². The Morgan fingerprint density at radius 3 is 2.50 bits per heavy atom. The number of nitrogens with zero attached hydrogens (tertiary/aromatic N) is 2. The quantitative estimate of drug-likeness (QED) is 0.762. The molecule has 2 fully saturated rings. The molecule has 2 heterocycles. The summed E-state index contributed by atoms with van der Waals surface area (Å²) in [6.07, 6.45) is 10.7. The van der Waals surface area contributed by atoms with Gasteiger partial charge in [0.05, 0.1) is 18.7 Å². The van der Waals surface area contributed by atoms with Crippen molar-refractivity contribution in [3.63, 3.8) is 0 Å². The molecule has 0 aromatic rings. The van der Waals surface area contributed by atoms with Gasteiger partial charge in [0.25, 0.3) is 0 Å². The number of hydrogen-bond donors (Lipinski definition) is 1. The molecule has 3 rings (SSSR count). The van der Waals surface area contributed by atoms with Crippen molar-refractivity contribution in [2.45, 2.75) is 69.6 Å². The maximum Gasteiger partial charge on any atom is 0.191 e. The third-order valence-electron chi connectivity index (χ3n) is 4.67. The molecule has 1 aliphatic carbocycles. The maximum atomic E-state index is 6.14. The first-order valence-corrected chi connectivity index (χ1v) is 7.56. The minimum absolute atomic E-state index is 0.359. The second kappa shape index (κ2) is 5.47. The van der Waals surface area contributed by atoms with Gasteiger partial charge in [-0.15, -0.1) is 0 Å². The smallest absolute Gasteiger partial charge is 0.191 e. The van der Waals surface area contributed by atoms with Crippen LogP contribution in [0.2, 0.25) is 0 Å². The number of hydrogen-bond acceptors (Lipinski definition) is 4. The molecule has 1 saturated carbocycles. The van der Waals surface area contributed by atoms with Crippen molar-refractivity contribution in [3.05, 3.63) is 0 Å². The maximum absolute atomic E-state index is 6.14. The van der Waals surface area contributed by atoms with E-state index in [0.29, 0.717) is 18.2 Å². The lowest BCUT2D eigenvalue weighted by Crippen LogP contribution is -2.51. The van der Waals surface area contributed by atoms with E-state index >= 15 is 0 Å². The molecule has 0 aromatic heterocycles. The summed E-state index contributed by atoms with van der Waals surface area (Å²) in [6.45, 7) is 1.76. The van der Waals surface area contributed by atoms with Gasteiger partial charge in [0.1, 0.15) is 0 Å². The van der Waals surface area contributed by atoms with E-state index < -0.39 is 0 Å². The average molecular weight is 251 g/mol. The Morgan fingerprint density at radius 2 is 1.83 bits per heavy atom. The van der Waals surface area contributed by atoms with E-state index in [1.807, 2.05) is 0 Å². The van der Waals surface area contributed by atoms with Gasteiger partial charge in [0, 0.05) is 12.6 Å². The highest BCUT2D eigenvalue weighted by Crippen LogP contribution is 2.29. The summed E-state index contributed by atoms with van der Waals surface area (Å²) < 4.78 is 5.87. The van der Waals surface area contributed by atoms with Crippen LogP contribution in [0.5, 0.6) is 0 Å². The number of aliphatic imine (C=N–C) groups is 1. The highest BCUT2D eigenvalue weighted by atomic mass is 16.5. The fourth-order valence-electron chi connectivity index (χ4n) is 3.72. The lowest BCUT2D eigenvalue weighted by Gasteiger charge is -2.36. The van der Waals surface area contributed by atoms with Crippen molar-refractivity contribution in [3.8, 4) is 0 Å². The molecular formula is C14H25N3O. The Kier molecular flexibility index (Phi) is 3.73. The van der Waals surface area contributed by atoms with Gasteiger partial charge in [0.2, 0.25) is 0 Å². The molecule has 1 saturated heterocycles. The molecule has 3 aliphatic rings. The summed E-state index contributed by atoms with van der Waals surface area (Å²) in [4.78, 5) is 6.89. The Morgan fingerprint density at radius 1 is 1.06 bits per heavy atom. The fraction of sp³-hybridized carbons (Fsp3) is 0.929. The molecule has 2 unspecified atom stereocenters. The van der Waals surface area contributed by atoms with E-state index in [1.54, 1.807) is 0 Å². The Balaban J connectivity index is 1.71. The largest absolute Gasteiger partial charge is 0.376 e. The molecule has 0 aromatic carbocycles. The highest BCUT2D eigenvalue weighted by Gasteiger charge is 2.38. The normalized spacial score (nSPS) is 34.7. The van der Waals surface area contributed by atoms with Crippen LogP contribution in [0.15, 0.2) is 4.99 Å². The molecule has 0 bridgehead atoms. The first-order chi connectivity index (χ1) is 8.86. The minimum atomic E-state index is 0.359. The summed E-state index contributed by atoms with van der Waals surface area (Å²) in [7, 11) is 0. The number of nitrogens with two attached hydrogens (primary N) is 1. The van der Waals surface area contributed by atoms with E-state index in [-0.39, 0.29) is 0 Å². The summed E-state index contributed by atoms with van der Waals surface area (Å²) >= 11 is 0. The van der Waals surface area contributed by atoms with E-state index in [9.17, 15) is 0 Å². The van der Waals surface area contributed by atoms with Crippen molar-refractivity contribution < 1.29 is 4.74 Å². The zero-order valence-electron chi connectivity index (χ0n) is 11.2. The van der Waals surface area contributed by atoms with Gasteiger partial charge in [-0.3, -0.25) is 4.99 Å². The van der Waals surface area contributed by atoms with E-state index in [0.717, 1.165) is 19.1 Å². The first kappa shape index (κ1) is 12.3. The lowest BCUT2D eigenvalue weighted by molar-refractivity contribution is 0.0438. The first-order valence-electron chi connectivity index (χ1n) is 7.56. The zero-order chi connectivity index (χ0) is 12.4. The van der Waals surface area contributed by atoms with Crippen LogP contribution in [0.1, 0.15) is 51.4 Å². The molecule has 18 heavy (non-hydrogen) atoms. The summed E-state index contributed by atoms with van der Waals surface area (Å²) in [5, 5.41) is 0. The number of guanidine groups is 1. The third kappa shape index (κ3) is 2.35. The van der Waals surface area contributed by atoms with Gasteiger partial charge in [-0.1, -0.05) is 25.7 Å². The number of ether oxygens (including phenoxy) is 1. The van der Waals surface area contributed by atoms with Crippen LogP contribution >= 0.6 is 0 Å². The molecule has 4 nitrogen and oxygen atoms in total. The fourth-order valence-corrected chi connectivity index (χ4v) is 3.72. The zero-order valence-corrected chi connectivity index (χ0v) is 11.2. The Hall–Kier alpha value is -0.770. The van der Waals surface area contributed by atoms with Gasteiger partial charge in [-0.25, -0.2) is 0 Å². The average Bonchev–Trinajstić information content (AvgIpc) is 2.93. The van der Waals surface area contributed by atoms with E-state index in [2.05, 4.69) is 9.89 Å². The van der Waals surface area contributed by atoms with Crippen LogP contribution in [0, 0.1) is 0 Å². The van der Waals surface area contributed by atoms with Crippen LogP contribution in [-0.4, -0.2) is 42.2 Å². The molecule has 2 atom stereocenters. The van der Waals surface area contributed by atoms with Crippen LogP contribution < -0.4 is 5.73 Å². The van der Waals surface area contributed by atoms with Crippen molar-refractivity contribution in [1.82, 2.24) is 4.90 Å². The Bertz CT molecular complexity index is 304. The molecule has 0 spiro atoms. The van der Waals surface area contributed by atoms with Gasteiger partial charge in [-0.2, -0.15) is 0 Å².